The van der Waals surface area contributed by atoms with Crippen molar-refractivity contribution in [3.63, 3.8) is 0 Å². The standard InChI is InChI=1S/C17H32O5/c1-4-7-10-19-13-14-15(20-11-8-5-2)16(17(18)22-14)21-12-9-6-3/h14-16H,4-13H2,1-3H3/t14-,15-,16-/m1/s1. The molecule has 22 heavy (non-hydrogen) atoms. The van der Waals surface area contributed by atoms with E-state index in [0.29, 0.717) is 26.4 Å². The van der Waals surface area contributed by atoms with Gasteiger partial charge in [0.1, 0.15) is 6.10 Å². The number of hydrogen-bond donors (Lipinski definition) is 0. The van der Waals surface area contributed by atoms with Gasteiger partial charge in [0.25, 0.3) is 0 Å². The Morgan fingerprint density at radius 1 is 0.909 bits per heavy atom. The lowest BCUT2D eigenvalue weighted by Crippen LogP contribution is -2.38. The Labute approximate surface area is 134 Å². The fourth-order valence-electron chi connectivity index (χ4n) is 2.26. The van der Waals surface area contributed by atoms with Gasteiger partial charge in [0.05, 0.1) is 6.61 Å². The molecule has 3 atom stereocenters. The summed E-state index contributed by atoms with van der Waals surface area (Å²) in [6.07, 6.45) is 4.78. The van der Waals surface area contributed by atoms with E-state index in [9.17, 15) is 4.79 Å². The molecule has 1 aliphatic rings. The van der Waals surface area contributed by atoms with Gasteiger partial charge >= 0.3 is 5.97 Å². The van der Waals surface area contributed by atoms with Gasteiger partial charge in [-0.05, 0) is 19.3 Å². The summed E-state index contributed by atoms with van der Waals surface area (Å²) in [6, 6.07) is 0. The van der Waals surface area contributed by atoms with Gasteiger partial charge in [0.2, 0.25) is 0 Å². The molecule has 130 valence electrons. The quantitative estimate of drug-likeness (QED) is 0.386. The highest BCUT2D eigenvalue weighted by Crippen LogP contribution is 2.23. The van der Waals surface area contributed by atoms with Gasteiger partial charge in [0, 0.05) is 19.8 Å². The molecular formula is C17H32O5. The second kappa shape index (κ2) is 11.9. The topological polar surface area (TPSA) is 54.0 Å². The zero-order chi connectivity index (χ0) is 16.2. The van der Waals surface area contributed by atoms with Crippen molar-refractivity contribution in [3.05, 3.63) is 0 Å². The molecule has 0 amide bonds. The Kier molecular flexibility index (Phi) is 10.5. The lowest BCUT2D eigenvalue weighted by molar-refractivity contribution is -0.151. The average Bonchev–Trinajstić information content (AvgIpc) is 2.80. The molecular weight excluding hydrogens is 284 g/mol. The molecule has 0 radical (unpaired) electrons. The summed E-state index contributed by atoms with van der Waals surface area (Å²) < 4.78 is 22.6. The molecule has 1 fully saturated rings. The minimum atomic E-state index is -0.608. The van der Waals surface area contributed by atoms with E-state index in [-0.39, 0.29) is 18.2 Å². The first-order valence-electron chi connectivity index (χ1n) is 8.75. The van der Waals surface area contributed by atoms with Crippen LogP contribution in [0.4, 0.5) is 0 Å². The van der Waals surface area contributed by atoms with E-state index in [1.54, 1.807) is 0 Å². The average molecular weight is 316 g/mol. The zero-order valence-corrected chi connectivity index (χ0v) is 14.3. The van der Waals surface area contributed by atoms with Crippen LogP contribution in [0.3, 0.4) is 0 Å². The highest BCUT2D eigenvalue weighted by Gasteiger charge is 2.46. The Morgan fingerprint density at radius 2 is 1.50 bits per heavy atom. The first-order chi connectivity index (χ1) is 10.7. The first kappa shape index (κ1) is 19.4. The Balaban J connectivity index is 2.50. The van der Waals surface area contributed by atoms with Crippen LogP contribution >= 0.6 is 0 Å². The van der Waals surface area contributed by atoms with E-state index in [2.05, 4.69) is 20.8 Å². The highest BCUT2D eigenvalue weighted by molar-refractivity contribution is 5.78. The number of esters is 1. The summed E-state index contributed by atoms with van der Waals surface area (Å²) in [5, 5.41) is 0. The van der Waals surface area contributed by atoms with Crippen LogP contribution in [-0.2, 0) is 23.7 Å². The number of ether oxygens (including phenoxy) is 4. The maximum atomic E-state index is 12.0. The minimum Gasteiger partial charge on any atom is -0.455 e. The molecule has 0 aliphatic carbocycles. The Morgan fingerprint density at radius 3 is 2.14 bits per heavy atom. The van der Waals surface area contributed by atoms with E-state index in [0.717, 1.165) is 38.5 Å². The minimum absolute atomic E-state index is 0.318. The van der Waals surface area contributed by atoms with Gasteiger partial charge < -0.3 is 18.9 Å². The molecule has 0 unspecified atom stereocenters. The third-order valence-electron chi connectivity index (χ3n) is 3.69. The third kappa shape index (κ3) is 6.63. The highest BCUT2D eigenvalue weighted by atomic mass is 16.6. The lowest BCUT2D eigenvalue weighted by atomic mass is 10.1. The number of cyclic esters (lactones) is 1. The van der Waals surface area contributed by atoms with E-state index in [1.165, 1.54) is 0 Å². The van der Waals surface area contributed by atoms with Gasteiger partial charge in [-0.1, -0.05) is 40.0 Å². The maximum Gasteiger partial charge on any atom is 0.338 e. The van der Waals surface area contributed by atoms with Gasteiger partial charge in [-0.15, -0.1) is 0 Å². The molecule has 1 heterocycles. The summed E-state index contributed by atoms with van der Waals surface area (Å²) in [4.78, 5) is 12.0. The van der Waals surface area contributed by atoms with E-state index in [1.807, 2.05) is 0 Å². The molecule has 0 bridgehead atoms. The van der Waals surface area contributed by atoms with Gasteiger partial charge in [-0.2, -0.15) is 0 Å². The predicted octanol–water partition coefficient (Wildman–Crippen LogP) is 3.10. The van der Waals surface area contributed by atoms with Crippen molar-refractivity contribution >= 4 is 5.97 Å². The van der Waals surface area contributed by atoms with Gasteiger partial charge in [-0.25, -0.2) is 4.79 Å². The number of carbonyl (C=O) groups excluding carboxylic acids is 1. The molecule has 0 spiro atoms. The molecule has 0 aromatic heterocycles. The SMILES string of the molecule is CCCCOC[C@H]1OC(=O)[C@H](OCCCC)[C@@H]1OCCCC. The molecule has 5 nitrogen and oxygen atoms in total. The van der Waals surface area contributed by atoms with Crippen molar-refractivity contribution in [2.24, 2.45) is 0 Å². The van der Waals surface area contributed by atoms with Crippen LogP contribution in [0.1, 0.15) is 59.3 Å². The molecule has 0 aromatic carbocycles. The van der Waals surface area contributed by atoms with E-state index >= 15 is 0 Å². The summed E-state index contributed by atoms with van der Waals surface area (Å²) in [6.45, 7) is 8.58. The fourth-order valence-corrected chi connectivity index (χ4v) is 2.26. The van der Waals surface area contributed by atoms with Crippen LogP contribution < -0.4 is 0 Å². The predicted molar refractivity (Wildman–Crippen MR) is 84.9 cm³/mol. The molecule has 0 N–H and O–H groups in total. The monoisotopic (exact) mass is 316 g/mol. The second-order valence-electron chi connectivity index (χ2n) is 5.74. The molecule has 0 saturated carbocycles. The number of carbonyl (C=O) groups is 1. The number of unbranched alkanes of at least 4 members (excludes halogenated alkanes) is 3. The number of hydrogen-bond acceptors (Lipinski definition) is 5. The smallest absolute Gasteiger partial charge is 0.338 e. The van der Waals surface area contributed by atoms with Crippen LogP contribution in [0.25, 0.3) is 0 Å². The molecule has 1 saturated heterocycles. The zero-order valence-electron chi connectivity index (χ0n) is 14.3. The normalized spacial score (nSPS) is 24.7. The number of rotatable bonds is 13. The largest absolute Gasteiger partial charge is 0.455 e. The van der Waals surface area contributed by atoms with Crippen molar-refractivity contribution in [2.75, 3.05) is 26.4 Å². The van der Waals surface area contributed by atoms with Crippen molar-refractivity contribution in [3.8, 4) is 0 Å². The van der Waals surface area contributed by atoms with Crippen molar-refractivity contribution < 1.29 is 23.7 Å². The second-order valence-corrected chi connectivity index (χ2v) is 5.74. The Hall–Kier alpha value is -0.650. The summed E-state index contributed by atoms with van der Waals surface area (Å²) >= 11 is 0. The summed E-state index contributed by atoms with van der Waals surface area (Å²) in [5.74, 6) is -0.318. The van der Waals surface area contributed by atoms with Crippen molar-refractivity contribution in [2.45, 2.75) is 77.6 Å². The molecule has 0 aromatic rings. The maximum absolute atomic E-state index is 12.0. The summed E-state index contributed by atoms with van der Waals surface area (Å²) in [7, 11) is 0. The third-order valence-corrected chi connectivity index (χ3v) is 3.69. The Bertz CT molecular complexity index is 295. The van der Waals surface area contributed by atoms with Crippen molar-refractivity contribution in [1.29, 1.82) is 0 Å². The van der Waals surface area contributed by atoms with Crippen LogP contribution in [0.2, 0.25) is 0 Å². The van der Waals surface area contributed by atoms with E-state index < -0.39 is 6.10 Å². The van der Waals surface area contributed by atoms with Crippen LogP contribution in [0, 0.1) is 0 Å². The van der Waals surface area contributed by atoms with Crippen molar-refractivity contribution in [1.82, 2.24) is 0 Å². The molecule has 1 aliphatic heterocycles. The molecule has 5 heteroatoms. The van der Waals surface area contributed by atoms with Crippen LogP contribution in [-0.4, -0.2) is 50.7 Å². The lowest BCUT2D eigenvalue weighted by Gasteiger charge is -2.21. The summed E-state index contributed by atoms with van der Waals surface area (Å²) in [5.41, 5.74) is 0. The van der Waals surface area contributed by atoms with E-state index in [4.69, 9.17) is 18.9 Å². The van der Waals surface area contributed by atoms with Gasteiger partial charge in [0.15, 0.2) is 12.2 Å². The molecule has 1 rings (SSSR count). The fraction of sp³-hybridized carbons (Fsp3) is 0.941. The van der Waals surface area contributed by atoms with Crippen LogP contribution in [0.5, 0.6) is 0 Å². The van der Waals surface area contributed by atoms with Crippen LogP contribution in [0.15, 0.2) is 0 Å². The first-order valence-corrected chi connectivity index (χ1v) is 8.75. The van der Waals surface area contributed by atoms with Gasteiger partial charge in [-0.3, -0.25) is 0 Å².